The van der Waals surface area contributed by atoms with E-state index in [4.69, 9.17) is 0 Å². The second-order valence-corrected chi connectivity index (χ2v) is 5.98. The first-order valence-corrected chi connectivity index (χ1v) is 8.14. The van der Waals surface area contributed by atoms with Crippen LogP contribution in [0.5, 0.6) is 0 Å². The Labute approximate surface area is 158 Å². The van der Waals surface area contributed by atoms with Crippen LogP contribution in [-0.2, 0) is 17.1 Å². The summed E-state index contributed by atoms with van der Waals surface area (Å²) in [7, 11) is 0. The molecule has 0 aromatic heterocycles. The molecule has 1 N–H and O–H groups in total. The van der Waals surface area contributed by atoms with E-state index in [0.29, 0.717) is 6.04 Å². The van der Waals surface area contributed by atoms with Gasteiger partial charge in [0.1, 0.15) is 0 Å². The van der Waals surface area contributed by atoms with Crippen LogP contribution in [0.15, 0.2) is 30.3 Å². The molecule has 3 fully saturated rings. The van der Waals surface area contributed by atoms with Crippen LogP contribution in [0.25, 0.3) is 0 Å². The summed E-state index contributed by atoms with van der Waals surface area (Å²) in [5.74, 6) is 1.03. The molecule has 1 saturated heterocycles. The fourth-order valence-electron chi connectivity index (χ4n) is 2.95. The molecule has 1 unspecified atom stereocenters. The van der Waals surface area contributed by atoms with Crippen molar-refractivity contribution in [2.24, 2.45) is 0 Å². The summed E-state index contributed by atoms with van der Waals surface area (Å²) in [6.45, 7) is 3.18. The Bertz CT molecular complexity index is 449. The van der Waals surface area contributed by atoms with Crippen molar-refractivity contribution in [3.63, 3.8) is 0 Å². The molecular weight excluding hydrogens is 338 g/mol. The molecule has 4 atom stereocenters. The molecule has 4 rings (SSSR count). The first-order chi connectivity index (χ1) is 11.3. The molecule has 3 aliphatic rings. The molecule has 1 aromatic rings. The topological polar surface area (TPSA) is 23.2 Å². The molecule has 2 saturated carbocycles. The third-order valence-corrected chi connectivity index (χ3v) is 4.42. The predicted molar refractivity (Wildman–Crippen MR) is 93.3 cm³/mol. The predicted octanol–water partition coefficient (Wildman–Crippen LogP) is 3.22. The fraction of sp³-hybridized carbons (Fsp3) is 0.238. The molecular formula is C21H23FeNO+2. The quantitative estimate of drug-likeness (QED) is 0.658. The van der Waals surface area contributed by atoms with Crippen LogP contribution in [0.4, 0.5) is 0 Å². The van der Waals surface area contributed by atoms with Gasteiger partial charge in [-0.3, -0.25) is 4.90 Å². The van der Waals surface area contributed by atoms with E-state index in [1.54, 1.807) is 0 Å². The molecule has 2 aliphatic carbocycles. The van der Waals surface area contributed by atoms with Crippen LogP contribution in [-0.4, -0.2) is 28.7 Å². The van der Waals surface area contributed by atoms with E-state index >= 15 is 0 Å². The van der Waals surface area contributed by atoms with Gasteiger partial charge in [-0.2, -0.15) is 0 Å². The fourth-order valence-corrected chi connectivity index (χ4v) is 2.95. The van der Waals surface area contributed by atoms with Crippen molar-refractivity contribution >= 4 is 0 Å². The van der Waals surface area contributed by atoms with Crippen molar-refractivity contribution in [3.05, 3.63) is 99.6 Å². The first-order valence-electron chi connectivity index (χ1n) is 8.14. The zero-order chi connectivity index (χ0) is 16.1. The number of benzene rings is 1. The standard InChI is InChI=1S/C16H18NO.C5H5.Fe/c1-12(13-7-3-2-4-8-13)17-11-15(17)16(18)14-9-5-6-10-14;1-2-4-5-3-1;/h2-10,12,15-16,18H,11H2,1H3;1-5H;/q;;+2/t12-,15-,16-,17?;;/m0../s1. The molecule has 10 radical (unpaired) electrons. The summed E-state index contributed by atoms with van der Waals surface area (Å²) in [4.78, 5) is 2.34. The Balaban J connectivity index is 0.000000300. The molecule has 1 heterocycles. The second-order valence-electron chi connectivity index (χ2n) is 5.98. The normalized spacial score (nSPS) is 28.4. The Hall–Kier alpha value is -0.341. The number of aliphatic hydroxyl groups is 1. The van der Waals surface area contributed by atoms with Crippen molar-refractivity contribution in [1.29, 1.82) is 0 Å². The van der Waals surface area contributed by atoms with Crippen molar-refractivity contribution in [3.8, 4) is 0 Å². The van der Waals surface area contributed by atoms with Gasteiger partial charge in [-0.25, -0.2) is 0 Å². The molecule has 1 aliphatic heterocycles. The zero-order valence-corrected chi connectivity index (χ0v) is 14.9. The Morgan fingerprint density at radius 2 is 1.46 bits per heavy atom. The summed E-state index contributed by atoms with van der Waals surface area (Å²) in [6, 6.07) is 11.1. The molecule has 0 amide bonds. The Morgan fingerprint density at radius 3 is 2.00 bits per heavy atom. The maximum Gasteiger partial charge on any atom is 2.00 e. The minimum Gasteiger partial charge on any atom is -0.391 e. The molecule has 0 spiro atoms. The smallest absolute Gasteiger partial charge is 0.391 e. The van der Waals surface area contributed by atoms with Gasteiger partial charge in [0.15, 0.2) is 0 Å². The van der Waals surface area contributed by atoms with Gasteiger partial charge in [-0.15, -0.1) is 0 Å². The Morgan fingerprint density at radius 1 is 0.917 bits per heavy atom. The number of hydrogen-bond donors (Lipinski definition) is 1. The van der Waals surface area contributed by atoms with Gasteiger partial charge in [0, 0.05) is 24.5 Å². The average molecular weight is 361 g/mol. The first kappa shape index (κ1) is 20.0. The maximum atomic E-state index is 10.3. The van der Waals surface area contributed by atoms with Gasteiger partial charge in [0.05, 0.1) is 6.10 Å². The van der Waals surface area contributed by atoms with E-state index in [0.717, 1.165) is 12.5 Å². The average Bonchev–Trinajstić information content (AvgIpc) is 3.04. The molecule has 2 nitrogen and oxygen atoms in total. The second kappa shape index (κ2) is 9.97. The van der Waals surface area contributed by atoms with Gasteiger partial charge in [0.2, 0.25) is 0 Å². The van der Waals surface area contributed by atoms with Crippen molar-refractivity contribution in [1.82, 2.24) is 4.90 Å². The van der Waals surface area contributed by atoms with Gasteiger partial charge in [-0.1, -0.05) is 30.3 Å². The molecule has 24 heavy (non-hydrogen) atoms. The van der Waals surface area contributed by atoms with Crippen molar-refractivity contribution in [2.75, 3.05) is 6.54 Å². The SMILES string of the molecule is C[C@@H](c1ccccc1)N1C[C@H]1[C@@H](O)[C]1[CH][CH][CH][CH]1.[CH]1[CH][CH][CH][CH]1.[Fe+2]. The minimum absolute atomic E-state index is 0. The van der Waals surface area contributed by atoms with E-state index in [1.807, 2.05) is 63.9 Å². The van der Waals surface area contributed by atoms with E-state index in [9.17, 15) is 5.11 Å². The van der Waals surface area contributed by atoms with Crippen LogP contribution in [0.2, 0.25) is 0 Å². The van der Waals surface area contributed by atoms with Crippen molar-refractivity contribution in [2.45, 2.75) is 25.1 Å². The molecule has 3 heteroatoms. The van der Waals surface area contributed by atoms with Gasteiger partial charge in [0.25, 0.3) is 0 Å². The summed E-state index contributed by atoms with van der Waals surface area (Å²) in [5, 5.41) is 10.3. The largest absolute Gasteiger partial charge is 2.00 e. The van der Waals surface area contributed by atoms with E-state index in [2.05, 4.69) is 36.1 Å². The number of rotatable bonds is 4. The summed E-state index contributed by atoms with van der Waals surface area (Å²) < 4.78 is 0. The summed E-state index contributed by atoms with van der Waals surface area (Å²) in [6.07, 6.45) is 17.6. The molecule has 0 bridgehead atoms. The van der Waals surface area contributed by atoms with Crippen LogP contribution in [0.3, 0.4) is 0 Å². The van der Waals surface area contributed by atoms with E-state index < -0.39 is 0 Å². The Kier molecular flexibility index (Phi) is 8.30. The zero-order valence-electron chi connectivity index (χ0n) is 13.8. The van der Waals surface area contributed by atoms with Crippen LogP contribution in [0.1, 0.15) is 18.5 Å². The third kappa shape index (κ3) is 5.33. The minimum atomic E-state index is -0.355. The van der Waals surface area contributed by atoms with Gasteiger partial charge in [-0.05, 0) is 70.3 Å². The van der Waals surface area contributed by atoms with Crippen LogP contribution in [0, 0.1) is 63.7 Å². The molecule has 1 aromatic carbocycles. The monoisotopic (exact) mass is 361 g/mol. The maximum absolute atomic E-state index is 10.3. The van der Waals surface area contributed by atoms with Crippen LogP contribution < -0.4 is 0 Å². The number of aliphatic hydroxyl groups excluding tert-OH is 1. The van der Waals surface area contributed by atoms with Crippen LogP contribution >= 0.6 is 0 Å². The molecule has 124 valence electrons. The van der Waals surface area contributed by atoms with E-state index in [1.165, 1.54) is 5.56 Å². The summed E-state index contributed by atoms with van der Waals surface area (Å²) >= 11 is 0. The van der Waals surface area contributed by atoms with E-state index in [-0.39, 0.29) is 29.2 Å². The van der Waals surface area contributed by atoms with Gasteiger partial charge < -0.3 is 5.11 Å². The van der Waals surface area contributed by atoms with Crippen molar-refractivity contribution < 1.29 is 22.2 Å². The number of nitrogens with zero attached hydrogens (tertiary/aromatic N) is 1. The number of hydrogen-bond acceptors (Lipinski definition) is 2. The third-order valence-electron chi connectivity index (χ3n) is 4.42. The summed E-state index contributed by atoms with van der Waals surface area (Å²) in [5.41, 5.74) is 1.31. The van der Waals surface area contributed by atoms with Gasteiger partial charge >= 0.3 is 17.1 Å².